The fourth-order valence-electron chi connectivity index (χ4n) is 2.84. The quantitative estimate of drug-likeness (QED) is 0.701. The van der Waals surface area contributed by atoms with Crippen molar-refractivity contribution in [2.75, 3.05) is 24.7 Å². The topological polar surface area (TPSA) is 105 Å². The highest BCUT2D eigenvalue weighted by molar-refractivity contribution is 7.98. The second-order valence-corrected chi connectivity index (χ2v) is 8.90. The smallest absolute Gasteiger partial charge is 0.411 e. The van der Waals surface area contributed by atoms with Crippen LogP contribution in [0.3, 0.4) is 0 Å². The summed E-state index contributed by atoms with van der Waals surface area (Å²) >= 11 is 1.56. The number of aliphatic hydroxyl groups is 1. The Bertz CT molecular complexity index is 931. The van der Waals surface area contributed by atoms with E-state index < -0.39 is 21.7 Å². The first kappa shape index (κ1) is 19.7. The van der Waals surface area contributed by atoms with Crippen LogP contribution in [-0.2, 0) is 26.1 Å². The van der Waals surface area contributed by atoms with Crippen LogP contribution in [-0.4, -0.2) is 39.0 Å². The second kappa shape index (κ2) is 7.89. The normalized spacial score (nSPS) is 19.2. The summed E-state index contributed by atoms with van der Waals surface area (Å²) in [5, 5.41) is 13.4. The molecule has 144 valence electrons. The zero-order chi connectivity index (χ0) is 19.5. The van der Waals surface area contributed by atoms with Crippen LogP contribution in [0.1, 0.15) is 11.1 Å². The molecule has 2 aromatic carbocycles. The number of methoxy groups -OCH3 is 1. The number of thioether (sulfide) groups is 1. The number of ether oxygens (including phenoxy) is 1. The first-order chi connectivity index (χ1) is 12.8. The first-order valence-corrected chi connectivity index (χ1v) is 10.8. The lowest BCUT2D eigenvalue weighted by atomic mass is 9.91. The molecule has 1 atom stereocenters. The molecule has 2 aromatic rings. The van der Waals surface area contributed by atoms with Gasteiger partial charge >= 0.3 is 6.09 Å². The Hall–Kier alpha value is -2.07. The van der Waals surface area contributed by atoms with Crippen LogP contribution in [0, 0.1) is 0 Å². The molecule has 7 nitrogen and oxygen atoms in total. The fourth-order valence-corrected chi connectivity index (χ4v) is 5.10. The number of carbonyl (C=O) groups is 1. The largest absolute Gasteiger partial charge is 0.453 e. The van der Waals surface area contributed by atoms with Gasteiger partial charge in [-0.2, -0.15) is 11.8 Å². The SMILES string of the molecule is COC(=O)Nc1ccc(S(=O)(=O)NCC2(O)CSCc3ccccc32)cc1. The molecule has 1 unspecified atom stereocenters. The van der Waals surface area contributed by atoms with Crippen molar-refractivity contribution >= 4 is 33.6 Å². The van der Waals surface area contributed by atoms with Crippen LogP contribution < -0.4 is 10.0 Å². The Morgan fingerprint density at radius 1 is 1.22 bits per heavy atom. The van der Waals surface area contributed by atoms with Crippen LogP contribution in [0.15, 0.2) is 53.4 Å². The number of fused-ring (bicyclic) bond motifs is 1. The van der Waals surface area contributed by atoms with E-state index in [0.29, 0.717) is 11.4 Å². The molecule has 1 aliphatic heterocycles. The monoisotopic (exact) mass is 408 g/mol. The number of rotatable bonds is 5. The van der Waals surface area contributed by atoms with E-state index in [-0.39, 0.29) is 11.4 Å². The molecular weight excluding hydrogens is 388 g/mol. The molecule has 0 saturated heterocycles. The van der Waals surface area contributed by atoms with Crippen LogP contribution in [0.5, 0.6) is 0 Å². The number of hydrogen-bond donors (Lipinski definition) is 3. The number of amides is 1. The lowest BCUT2D eigenvalue weighted by Crippen LogP contribution is -2.44. The third-order valence-corrected chi connectivity index (χ3v) is 6.88. The molecule has 9 heteroatoms. The molecule has 0 aromatic heterocycles. The van der Waals surface area contributed by atoms with Gasteiger partial charge in [-0.3, -0.25) is 5.32 Å². The van der Waals surface area contributed by atoms with E-state index >= 15 is 0 Å². The van der Waals surface area contributed by atoms with Gasteiger partial charge in [-0.15, -0.1) is 0 Å². The van der Waals surface area contributed by atoms with E-state index in [2.05, 4.69) is 14.8 Å². The minimum absolute atomic E-state index is 0.0401. The Kier molecular flexibility index (Phi) is 5.75. The number of hydrogen-bond acceptors (Lipinski definition) is 6. The van der Waals surface area contributed by atoms with Gasteiger partial charge in [-0.05, 0) is 35.4 Å². The van der Waals surface area contributed by atoms with Crippen molar-refractivity contribution in [2.45, 2.75) is 16.2 Å². The van der Waals surface area contributed by atoms with Gasteiger partial charge in [0.05, 0.1) is 12.0 Å². The molecule has 27 heavy (non-hydrogen) atoms. The number of carbonyl (C=O) groups excluding carboxylic acids is 1. The molecule has 0 spiro atoms. The van der Waals surface area contributed by atoms with Crippen molar-refractivity contribution in [1.82, 2.24) is 4.72 Å². The van der Waals surface area contributed by atoms with Gasteiger partial charge < -0.3 is 9.84 Å². The Labute approximate surface area is 162 Å². The standard InChI is InChI=1S/C18H20N2O5S2/c1-25-17(21)20-14-6-8-15(9-7-14)27(23,24)19-11-18(22)12-26-10-13-4-2-3-5-16(13)18/h2-9,19,22H,10-12H2,1H3,(H,20,21). The molecule has 0 fully saturated rings. The number of anilines is 1. The van der Waals surface area contributed by atoms with E-state index in [4.69, 9.17) is 0 Å². The predicted molar refractivity (Wildman–Crippen MR) is 104 cm³/mol. The number of benzene rings is 2. The van der Waals surface area contributed by atoms with Crippen molar-refractivity contribution in [1.29, 1.82) is 0 Å². The summed E-state index contributed by atoms with van der Waals surface area (Å²) in [6.45, 7) is -0.124. The summed E-state index contributed by atoms with van der Waals surface area (Å²) in [5.41, 5.74) is 0.911. The Balaban J connectivity index is 1.73. The van der Waals surface area contributed by atoms with Gasteiger partial charge in [0.15, 0.2) is 0 Å². The van der Waals surface area contributed by atoms with Gasteiger partial charge in [0, 0.05) is 23.7 Å². The van der Waals surface area contributed by atoms with Gasteiger partial charge in [0.2, 0.25) is 10.0 Å². The van der Waals surface area contributed by atoms with Gasteiger partial charge in [0.25, 0.3) is 0 Å². The average molecular weight is 409 g/mol. The minimum atomic E-state index is -3.81. The summed E-state index contributed by atoms with van der Waals surface area (Å²) in [6.07, 6.45) is -0.639. The maximum absolute atomic E-state index is 12.6. The minimum Gasteiger partial charge on any atom is -0.453 e. The van der Waals surface area contributed by atoms with Crippen LogP contribution in [0.4, 0.5) is 10.5 Å². The third-order valence-electron chi connectivity index (χ3n) is 4.27. The van der Waals surface area contributed by atoms with Crippen LogP contribution in [0.2, 0.25) is 0 Å². The van der Waals surface area contributed by atoms with E-state index in [1.807, 2.05) is 24.3 Å². The van der Waals surface area contributed by atoms with E-state index in [1.165, 1.54) is 31.4 Å². The Morgan fingerprint density at radius 2 is 1.93 bits per heavy atom. The predicted octanol–water partition coefficient (Wildman–Crippen LogP) is 2.28. The van der Waals surface area contributed by atoms with Crippen molar-refractivity contribution in [2.24, 2.45) is 0 Å². The summed E-state index contributed by atoms with van der Waals surface area (Å²) in [5.74, 6) is 1.20. The third kappa shape index (κ3) is 4.44. The number of sulfonamides is 1. The molecule has 0 bridgehead atoms. The molecule has 3 rings (SSSR count). The second-order valence-electron chi connectivity index (χ2n) is 6.15. The van der Waals surface area contributed by atoms with Crippen molar-refractivity contribution in [3.63, 3.8) is 0 Å². The zero-order valence-corrected chi connectivity index (χ0v) is 16.3. The van der Waals surface area contributed by atoms with E-state index in [1.54, 1.807) is 11.8 Å². The van der Waals surface area contributed by atoms with Crippen LogP contribution in [0.25, 0.3) is 0 Å². The zero-order valence-electron chi connectivity index (χ0n) is 14.6. The molecule has 1 amide bonds. The first-order valence-electron chi connectivity index (χ1n) is 8.17. The summed E-state index contributed by atoms with van der Waals surface area (Å²) in [6, 6.07) is 13.2. The highest BCUT2D eigenvalue weighted by Crippen LogP contribution is 2.36. The highest BCUT2D eigenvalue weighted by atomic mass is 32.2. The van der Waals surface area contributed by atoms with E-state index in [0.717, 1.165) is 16.9 Å². The lowest BCUT2D eigenvalue weighted by molar-refractivity contribution is 0.0659. The summed E-state index contributed by atoms with van der Waals surface area (Å²) < 4.78 is 32.1. The maximum atomic E-state index is 12.6. The van der Waals surface area contributed by atoms with Gasteiger partial charge in [-0.1, -0.05) is 24.3 Å². The molecule has 0 radical (unpaired) electrons. The average Bonchev–Trinajstić information content (AvgIpc) is 2.67. The summed E-state index contributed by atoms with van der Waals surface area (Å²) in [7, 11) is -2.57. The Morgan fingerprint density at radius 3 is 2.63 bits per heavy atom. The van der Waals surface area contributed by atoms with Crippen molar-refractivity contribution < 1.29 is 23.1 Å². The van der Waals surface area contributed by atoms with Gasteiger partial charge in [0.1, 0.15) is 5.60 Å². The lowest BCUT2D eigenvalue weighted by Gasteiger charge is -2.34. The van der Waals surface area contributed by atoms with Gasteiger partial charge in [-0.25, -0.2) is 17.9 Å². The van der Waals surface area contributed by atoms with Crippen molar-refractivity contribution in [3.8, 4) is 0 Å². The number of nitrogens with one attached hydrogen (secondary N) is 2. The highest BCUT2D eigenvalue weighted by Gasteiger charge is 2.35. The molecule has 0 saturated carbocycles. The molecule has 1 heterocycles. The summed E-state index contributed by atoms with van der Waals surface area (Å²) in [4.78, 5) is 11.2. The molecule has 1 aliphatic rings. The molecular formula is C18H20N2O5S2. The van der Waals surface area contributed by atoms with Crippen LogP contribution >= 0.6 is 11.8 Å². The molecule has 0 aliphatic carbocycles. The fraction of sp³-hybridized carbons (Fsp3) is 0.278. The maximum Gasteiger partial charge on any atom is 0.411 e. The van der Waals surface area contributed by atoms with E-state index in [9.17, 15) is 18.3 Å². The molecule has 3 N–H and O–H groups in total. The van der Waals surface area contributed by atoms with Crippen molar-refractivity contribution in [3.05, 3.63) is 59.7 Å².